The van der Waals surface area contributed by atoms with Crippen LogP contribution in [0.4, 0.5) is 0 Å². The summed E-state index contributed by atoms with van der Waals surface area (Å²) in [7, 11) is 0. The molecule has 0 aliphatic heterocycles. The van der Waals surface area contributed by atoms with Gasteiger partial charge < -0.3 is 24.1 Å². The first kappa shape index (κ1) is 19.1. The van der Waals surface area contributed by atoms with Crippen LogP contribution in [0.25, 0.3) is 10.9 Å². The van der Waals surface area contributed by atoms with E-state index in [1.165, 1.54) is 0 Å². The topological polar surface area (TPSA) is 87.1 Å². The molecule has 0 aliphatic carbocycles. The minimum absolute atomic E-state index is 0.00926. The number of rotatable bonds is 13. The van der Waals surface area contributed by atoms with Gasteiger partial charge in [-0.2, -0.15) is 0 Å². The van der Waals surface area contributed by atoms with E-state index >= 15 is 0 Å². The van der Waals surface area contributed by atoms with E-state index in [0.29, 0.717) is 39.6 Å². The number of aliphatic carboxylic acids is 1. The molecule has 0 radical (unpaired) electrons. The Bertz CT molecular complexity index is 643. The number of pyridine rings is 1. The molecule has 0 spiro atoms. The van der Waals surface area contributed by atoms with E-state index in [0.717, 1.165) is 16.7 Å². The summed E-state index contributed by atoms with van der Waals surface area (Å²) in [6, 6.07) is 9.71. The van der Waals surface area contributed by atoms with E-state index in [-0.39, 0.29) is 13.0 Å². The molecule has 1 N–H and O–H groups in total. The molecule has 7 heteroatoms. The highest BCUT2D eigenvalue weighted by Crippen LogP contribution is 2.22. The van der Waals surface area contributed by atoms with Crippen molar-refractivity contribution < 1.29 is 28.8 Å². The second kappa shape index (κ2) is 11.4. The molecule has 0 atom stereocenters. The molecule has 136 valence electrons. The summed E-state index contributed by atoms with van der Waals surface area (Å²) < 4.78 is 21.6. The fourth-order valence-electron chi connectivity index (χ4n) is 2.10. The van der Waals surface area contributed by atoms with Gasteiger partial charge >= 0.3 is 5.97 Å². The first-order valence-electron chi connectivity index (χ1n) is 8.19. The van der Waals surface area contributed by atoms with Crippen LogP contribution in [0.3, 0.4) is 0 Å². The summed E-state index contributed by atoms with van der Waals surface area (Å²) in [5.41, 5.74) is 0.844. The Morgan fingerprint density at radius 1 is 0.880 bits per heavy atom. The van der Waals surface area contributed by atoms with Gasteiger partial charge in [-0.1, -0.05) is 18.2 Å². The smallest absolute Gasteiger partial charge is 0.305 e. The summed E-state index contributed by atoms with van der Waals surface area (Å²) >= 11 is 0. The molecule has 1 heterocycles. The zero-order valence-electron chi connectivity index (χ0n) is 14.1. The molecule has 2 aromatic rings. The molecular weight excluding hydrogens is 326 g/mol. The number of benzene rings is 1. The molecule has 25 heavy (non-hydrogen) atoms. The Balaban J connectivity index is 1.48. The number of ether oxygens (including phenoxy) is 4. The van der Waals surface area contributed by atoms with Crippen LogP contribution in [0, 0.1) is 0 Å². The molecule has 0 saturated heterocycles. The molecule has 0 saturated carbocycles. The van der Waals surface area contributed by atoms with Gasteiger partial charge in [0.15, 0.2) is 0 Å². The van der Waals surface area contributed by atoms with Crippen molar-refractivity contribution in [3.8, 4) is 5.75 Å². The predicted octanol–water partition coefficient (Wildman–Crippen LogP) is 2.14. The lowest BCUT2D eigenvalue weighted by Crippen LogP contribution is -2.13. The number of hydrogen-bond donors (Lipinski definition) is 1. The van der Waals surface area contributed by atoms with Crippen LogP contribution in [0.1, 0.15) is 6.42 Å². The van der Waals surface area contributed by atoms with Gasteiger partial charge in [0, 0.05) is 11.6 Å². The average Bonchev–Trinajstić information content (AvgIpc) is 2.62. The van der Waals surface area contributed by atoms with Crippen molar-refractivity contribution in [1.29, 1.82) is 0 Å². The van der Waals surface area contributed by atoms with Crippen LogP contribution < -0.4 is 4.74 Å². The van der Waals surface area contributed by atoms with Crippen molar-refractivity contribution in [2.24, 2.45) is 0 Å². The summed E-state index contributed by atoms with van der Waals surface area (Å²) in [6.45, 7) is 2.82. The first-order valence-corrected chi connectivity index (χ1v) is 8.19. The molecule has 0 bridgehead atoms. The molecule has 2 rings (SSSR count). The Hall–Kier alpha value is -2.22. The molecule has 7 nitrogen and oxygen atoms in total. The maximum atomic E-state index is 10.3. The Morgan fingerprint density at radius 3 is 2.24 bits per heavy atom. The molecule has 0 unspecified atom stereocenters. The normalized spacial score (nSPS) is 10.9. The first-order chi connectivity index (χ1) is 12.3. The van der Waals surface area contributed by atoms with E-state index in [1.807, 2.05) is 30.3 Å². The summed E-state index contributed by atoms with van der Waals surface area (Å²) in [5, 5.41) is 9.48. The third-order valence-corrected chi connectivity index (χ3v) is 3.29. The standard InChI is InChI=1S/C18H23NO6/c20-17(21)6-8-22-9-10-23-11-12-24-13-14-25-16-5-1-3-15-4-2-7-19-18(15)16/h1-5,7H,6,8-14H2,(H,20,21). The van der Waals surface area contributed by atoms with Crippen LogP contribution in [0.2, 0.25) is 0 Å². The van der Waals surface area contributed by atoms with Gasteiger partial charge in [-0.15, -0.1) is 0 Å². The molecule has 1 aromatic heterocycles. The number of aromatic nitrogens is 1. The van der Waals surface area contributed by atoms with E-state index in [1.54, 1.807) is 6.20 Å². The maximum Gasteiger partial charge on any atom is 0.305 e. The van der Waals surface area contributed by atoms with Crippen LogP contribution in [0.15, 0.2) is 36.5 Å². The number of carboxylic acid groups (broad SMARTS) is 1. The van der Waals surface area contributed by atoms with Gasteiger partial charge in [-0.05, 0) is 12.1 Å². The lowest BCUT2D eigenvalue weighted by Gasteiger charge is -2.09. The fraction of sp³-hybridized carbons (Fsp3) is 0.444. The van der Waals surface area contributed by atoms with Crippen LogP contribution in [-0.4, -0.2) is 62.3 Å². The molecule has 0 amide bonds. The Labute approximate surface area is 146 Å². The van der Waals surface area contributed by atoms with Crippen LogP contribution >= 0.6 is 0 Å². The Kier molecular flexibility index (Phi) is 8.68. The number of carboxylic acids is 1. The highest BCUT2D eigenvalue weighted by atomic mass is 16.6. The van der Waals surface area contributed by atoms with Crippen LogP contribution in [0.5, 0.6) is 5.75 Å². The molecule has 0 fully saturated rings. The van der Waals surface area contributed by atoms with Crippen molar-refractivity contribution in [3.63, 3.8) is 0 Å². The van der Waals surface area contributed by atoms with Crippen molar-refractivity contribution in [1.82, 2.24) is 4.98 Å². The van der Waals surface area contributed by atoms with E-state index in [9.17, 15) is 4.79 Å². The summed E-state index contributed by atoms with van der Waals surface area (Å²) in [6.07, 6.45) is 1.75. The lowest BCUT2D eigenvalue weighted by molar-refractivity contribution is -0.138. The van der Waals surface area contributed by atoms with E-state index < -0.39 is 5.97 Å². The van der Waals surface area contributed by atoms with Gasteiger partial charge in [-0.25, -0.2) is 0 Å². The van der Waals surface area contributed by atoms with E-state index in [4.69, 9.17) is 24.1 Å². The number of para-hydroxylation sites is 1. The largest absolute Gasteiger partial charge is 0.489 e. The van der Waals surface area contributed by atoms with Crippen molar-refractivity contribution >= 4 is 16.9 Å². The number of nitrogens with zero attached hydrogens (tertiary/aromatic N) is 1. The molecule has 0 aliphatic rings. The Morgan fingerprint density at radius 2 is 1.52 bits per heavy atom. The highest BCUT2D eigenvalue weighted by Gasteiger charge is 2.02. The van der Waals surface area contributed by atoms with Crippen molar-refractivity contribution in [2.45, 2.75) is 6.42 Å². The van der Waals surface area contributed by atoms with Gasteiger partial charge in [0.05, 0.1) is 46.1 Å². The van der Waals surface area contributed by atoms with Crippen molar-refractivity contribution in [2.75, 3.05) is 46.2 Å². The summed E-state index contributed by atoms with van der Waals surface area (Å²) in [4.78, 5) is 14.6. The molecular formula is C18H23NO6. The molecule has 1 aromatic carbocycles. The second-order valence-corrected chi connectivity index (χ2v) is 5.16. The lowest BCUT2D eigenvalue weighted by atomic mass is 10.2. The van der Waals surface area contributed by atoms with Gasteiger partial charge in [0.2, 0.25) is 0 Å². The SMILES string of the molecule is O=C(O)CCOCCOCCOCCOc1cccc2cccnc12. The number of hydrogen-bond acceptors (Lipinski definition) is 6. The van der Waals surface area contributed by atoms with Crippen molar-refractivity contribution in [3.05, 3.63) is 36.5 Å². The minimum atomic E-state index is -0.865. The maximum absolute atomic E-state index is 10.3. The predicted molar refractivity (Wildman–Crippen MR) is 91.9 cm³/mol. The summed E-state index contributed by atoms with van der Waals surface area (Å²) in [5.74, 6) is -0.118. The van der Waals surface area contributed by atoms with Crippen LogP contribution in [-0.2, 0) is 19.0 Å². The third-order valence-electron chi connectivity index (χ3n) is 3.29. The average molecular weight is 349 g/mol. The zero-order chi connectivity index (χ0) is 17.7. The minimum Gasteiger partial charge on any atom is -0.489 e. The van der Waals surface area contributed by atoms with Gasteiger partial charge in [0.25, 0.3) is 0 Å². The van der Waals surface area contributed by atoms with Gasteiger partial charge in [0.1, 0.15) is 17.9 Å². The fourth-order valence-corrected chi connectivity index (χ4v) is 2.10. The second-order valence-electron chi connectivity index (χ2n) is 5.16. The van der Waals surface area contributed by atoms with Gasteiger partial charge in [-0.3, -0.25) is 9.78 Å². The number of fused-ring (bicyclic) bond motifs is 1. The quantitative estimate of drug-likeness (QED) is 0.554. The van der Waals surface area contributed by atoms with E-state index in [2.05, 4.69) is 4.98 Å². The highest BCUT2D eigenvalue weighted by molar-refractivity contribution is 5.84. The monoisotopic (exact) mass is 349 g/mol. The third kappa shape index (κ3) is 7.47. The zero-order valence-corrected chi connectivity index (χ0v) is 14.1. The number of carbonyl (C=O) groups is 1.